The van der Waals surface area contributed by atoms with Gasteiger partial charge in [0.05, 0.1) is 0 Å². The standard InChI is InChI=1S/C13H13NO/c1-2-11-7-6-10-14(13(11)15)12-8-4-3-5-9-12/h3-10H,2H2,1H3. The lowest BCUT2D eigenvalue weighted by Crippen LogP contribution is -2.20. The largest absolute Gasteiger partial charge is 0.284 e. The smallest absolute Gasteiger partial charge is 0.258 e. The van der Waals surface area contributed by atoms with Crippen LogP contribution >= 0.6 is 0 Å². The topological polar surface area (TPSA) is 22.0 Å². The van der Waals surface area contributed by atoms with E-state index in [0.717, 1.165) is 17.7 Å². The number of hydrogen-bond donors (Lipinski definition) is 0. The molecule has 0 radical (unpaired) electrons. The minimum atomic E-state index is 0.0752. The van der Waals surface area contributed by atoms with Gasteiger partial charge in [-0.05, 0) is 24.6 Å². The van der Waals surface area contributed by atoms with Gasteiger partial charge < -0.3 is 0 Å². The Labute approximate surface area is 88.8 Å². The first-order valence-electron chi connectivity index (χ1n) is 5.09. The van der Waals surface area contributed by atoms with Crippen LogP contribution in [0.2, 0.25) is 0 Å². The number of aromatic nitrogens is 1. The maximum absolute atomic E-state index is 12.0. The lowest BCUT2D eigenvalue weighted by Gasteiger charge is -2.06. The highest BCUT2D eigenvalue weighted by atomic mass is 16.1. The van der Waals surface area contributed by atoms with Crippen molar-refractivity contribution >= 4 is 0 Å². The van der Waals surface area contributed by atoms with E-state index in [0.29, 0.717) is 0 Å². The zero-order valence-corrected chi connectivity index (χ0v) is 8.68. The molecule has 0 aliphatic carbocycles. The SMILES string of the molecule is CCc1cccn(-c2ccccc2)c1=O. The Hall–Kier alpha value is -1.83. The molecule has 2 nitrogen and oxygen atoms in total. The first kappa shape index (κ1) is 9.71. The molecule has 0 unspecified atom stereocenters. The van der Waals surface area contributed by atoms with Gasteiger partial charge in [-0.25, -0.2) is 0 Å². The lowest BCUT2D eigenvalue weighted by molar-refractivity contribution is 0.939. The van der Waals surface area contributed by atoms with Crippen LogP contribution in [0.3, 0.4) is 0 Å². The fraction of sp³-hybridized carbons (Fsp3) is 0.154. The maximum Gasteiger partial charge on any atom is 0.258 e. The monoisotopic (exact) mass is 199 g/mol. The molecule has 2 rings (SSSR count). The zero-order valence-electron chi connectivity index (χ0n) is 8.68. The van der Waals surface area contributed by atoms with Crippen molar-refractivity contribution in [2.45, 2.75) is 13.3 Å². The highest BCUT2D eigenvalue weighted by Gasteiger charge is 2.01. The quantitative estimate of drug-likeness (QED) is 0.728. The van der Waals surface area contributed by atoms with E-state index in [-0.39, 0.29) is 5.56 Å². The second kappa shape index (κ2) is 4.13. The molecule has 0 N–H and O–H groups in total. The Kier molecular flexibility index (Phi) is 2.68. The fourth-order valence-corrected chi connectivity index (χ4v) is 1.60. The van der Waals surface area contributed by atoms with Crippen LogP contribution in [0.25, 0.3) is 5.69 Å². The van der Waals surface area contributed by atoms with Crippen LogP contribution in [0.1, 0.15) is 12.5 Å². The van der Waals surface area contributed by atoms with Gasteiger partial charge in [0.25, 0.3) is 5.56 Å². The highest BCUT2D eigenvalue weighted by molar-refractivity contribution is 5.32. The Morgan fingerprint density at radius 2 is 1.80 bits per heavy atom. The maximum atomic E-state index is 12.0. The van der Waals surface area contributed by atoms with Gasteiger partial charge in [0.1, 0.15) is 0 Å². The average Bonchev–Trinajstić information content (AvgIpc) is 2.30. The van der Waals surface area contributed by atoms with E-state index in [9.17, 15) is 4.79 Å². The minimum Gasteiger partial charge on any atom is -0.284 e. The third kappa shape index (κ3) is 1.84. The zero-order chi connectivity index (χ0) is 10.7. The summed E-state index contributed by atoms with van der Waals surface area (Å²) in [5, 5.41) is 0. The second-order valence-electron chi connectivity index (χ2n) is 3.40. The van der Waals surface area contributed by atoms with E-state index >= 15 is 0 Å². The van der Waals surface area contributed by atoms with Gasteiger partial charge in [0, 0.05) is 17.4 Å². The summed E-state index contributed by atoms with van der Waals surface area (Å²) in [5.41, 5.74) is 1.84. The van der Waals surface area contributed by atoms with Crippen molar-refractivity contribution in [2.75, 3.05) is 0 Å². The van der Waals surface area contributed by atoms with E-state index in [1.807, 2.05) is 49.4 Å². The van der Waals surface area contributed by atoms with Crippen molar-refractivity contribution in [2.24, 2.45) is 0 Å². The van der Waals surface area contributed by atoms with Crippen molar-refractivity contribution < 1.29 is 0 Å². The van der Waals surface area contributed by atoms with Gasteiger partial charge >= 0.3 is 0 Å². The molecule has 0 bridgehead atoms. The summed E-state index contributed by atoms with van der Waals surface area (Å²) in [6, 6.07) is 13.5. The summed E-state index contributed by atoms with van der Waals surface area (Å²) < 4.78 is 1.68. The molecule has 1 aromatic carbocycles. The molecule has 2 heteroatoms. The highest BCUT2D eigenvalue weighted by Crippen LogP contribution is 2.04. The molecule has 0 aliphatic rings. The van der Waals surface area contributed by atoms with Gasteiger partial charge in [-0.15, -0.1) is 0 Å². The molecule has 1 heterocycles. The molecule has 2 aromatic rings. The van der Waals surface area contributed by atoms with Crippen LogP contribution < -0.4 is 5.56 Å². The summed E-state index contributed by atoms with van der Waals surface area (Å²) in [5.74, 6) is 0. The average molecular weight is 199 g/mol. The number of hydrogen-bond acceptors (Lipinski definition) is 1. The molecular formula is C13H13NO. The van der Waals surface area contributed by atoms with E-state index in [1.54, 1.807) is 10.8 Å². The molecule has 0 atom stereocenters. The van der Waals surface area contributed by atoms with Crippen molar-refractivity contribution in [1.82, 2.24) is 4.57 Å². The molecule has 0 amide bonds. The Bertz CT molecular complexity index is 499. The Balaban J connectivity index is 2.60. The van der Waals surface area contributed by atoms with Crippen molar-refractivity contribution in [3.05, 3.63) is 64.6 Å². The molecule has 15 heavy (non-hydrogen) atoms. The number of rotatable bonds is 2. The summed E-state index contributed by atoms with van der Waals surface area (Å²) in [4.78, 5) is 12.0. The number of benzene rings is 1. The lowest BCUT2D eigenvalue weighted by atomic mass is 10.2. The van der Waals surface area contributed by atoms with E-state index in [1.165, 1.54) is 0 Å². The summed E-state index contributed by atoms with van der Waals surface area (Å²) in [6.07, 6.45) is 2.57. The van der Waals surface area contributed by atoms with Crippen LogP contribution in [-0.4, -0.2) is 4.57 Å². The van der Waals surface area contributed by atoms with E-state index in [2.05, 4.69) is 0 Å². The summed E-state index contributed by atoms with van der Waals surface area (Å²) in [6.45, 7) is 1.99. The molecule has 76 valence electrons. The summed E-state index contributed by atoms with van der Waals surface area (Å²) >= 11 is 0. The van der Waals surface area contributed by atoms with Crippen LogP contribution in [0, 0.1) is 0 Å². The van der Waals surface area contributed by atoms with Crippen LogP contribution in [0.5, 0.6) is 0 Å². The predicted molar refractivity (Wildman–Crippen MR) is 61.4 cm³/mol. The fourth-order valence-electron chi connectivity index (χ4n) is 1.60. The number of pyridine rings is 1. The third-order valence-electron chi connectivity index (χ3n) is 2.44. The van der Waals surface area contributed by atoms with Gasteiger partial charge in [-0.1, -0.05) is 31.2 Å². The second-order valence-corrected chi connectivity index (χ2v) is 3.40. The van der Waals surface area contributed by atoms with Crippen molar-refractivity contribution in [3.8, 4) is 5.69 Å². The van der Waals surface area contributed by atoms with Crippen molar-refractivity contribution in [3.63, 3.8) is 0 Å². The summed E-state index contributed by atoms with van der Waals surface area (Å²) in [7, 11) is 0. The predicted octanol–water partition coefficient (Wildman–Crippen LogP) is 2.40. The number of aryl methyl sites for hydroxylation is 1. The first-order chi connectivity index (χ1) is 7.33. The molecule has 0 saturated carbocycles. The number of nitrogens with zero attached hydrogens (tertiary/aromatic N) is 1. The van der Waals surface area contributed by atoms with Crippen LogP contribution in [0.4, 0.5) is 0 Å². The molecule has 1 aromatic heterocycles. The molecular weight excluding hydrogens is 186 g/mol. The van der Waals surface area contributed by atoms with Gasteiger partial charge in [0.15, 0.2) is 0 Å². The van der Waals surface area contributed by atoms with Gasteiger partial charge in [-0.2, -0.15) is 0 Å². The Morgan fingerprint density at radius 1 is 1.07 bits per heavy atom. The van der Waals surface area contributed by atoms with Crippen LogP contribution in [0.15, 0.2) is 53.5 Å². The van der Waals surface area contributed by atoms with Gasteiger partial charge in [-0.3, -0.25) is 9.36 Å². The van der Waals surface area contributed by atoms with E-state index < -0.39 is 0 Å². The van der Waals surface area contributed by atoms with Crippen molar-refractivity contribution in [1.29, 1.82) is 0 Å². The molecule has 0 aliphatic heterocycles. The molecule has 0 fully saturated rings. The molecule has 0 spiro atoms. The van der Waals surface area contributed by atoms with E-state index in [4.69, 9.17) is 0 Å². The van der Waals surface area contributed by atoms with Gasteiger partial charge in [0.2, 0.25) is 0 Å². The Morgan fingerprint density at radius 3 is 2.47 bits per heavy atom. The minimum absolute atomic E-state index is 0.0752. The van der Waals surface area contributed by atoms with Crippen LogP contribution in [-0.2, 0) is 6.42 Å². The normalized spacial score (nSPS) is 10.2. The third-order valence-corrected chi connectivity index (χ3v) is 2.44. The molecule has 0 saturated heterocycles. The first-order valence-corrected chi connectivity index (χ1v) is 5.09. The number of para-hydroxylation sites is 1.